The second-order valence-corrected chi connectivity index (χ2v) is 18.2. The summed E-state index contributed by atoms with van der Waals surface area (Å²) >= 11 is 0. The van der Waals surface area contributed by atoms with Crippen molar-refractivity contribution < 1.29 is 4.42 Å². The van der Waals surface area contributed by atoms with Gasteiger partial charge in [-0.25, -0.2) is 15.0 Å². The average Bonchev–Trinajstić information content (AvgIpc) is 4.21. The minimum atomic E-state index is 0.347. The van der Waals surface area contributed by atoms with E-state index in [9.17, 15) is 5.26 Å². The molecule has 8 nitrogen and oxygen atoms in total. The summed E-state index contributed by atoms with van der Waals surface area (Å²) in [5, 5.41) is 20.0. The van der Waals surface area contributed by atoms with Gasteiger partial charge in [0.15, 0.2) is 17.5 Å². The lowest BCUT2D eigenvalue weighted by atomic mass is 9.99. The maximum atomic E-state index is 11.6. The molecule has 0 aliphatic heterocycles. The van der Waals surface area contributed by atoms with Crippen molar-refractivity contribution in [2.75, 3.05) is 0 Å². The molecule has 0 amide bonds. The van der Waals surface area contributed by atoms with Gasteiger partial charge in [0.2, 0.25) is 0 Å². The van der Waals surface area contributed by atoms with E-state index in [1.807, 2.05) is 84.9 Å². The van der Waals surface area contributed by atoms with E-state index in [1.165, 1.54) is 0 Å². The highest BCUT2D eigenvalue weighted by molar-refractivity contribution is 6.40. The highest BCUT2D eigenvalue weighted by Gasteiger charge is 2.31. The van der Waals surface area contributed by atoms with Gasteiger partial charge in [-0.2, -0.15) is 5.26 Å². The molecule has 0 aliphatic carbocycles. The van der Waals surface area contributed by atoms with Gasteiger partial charge in [-0.05, 0) is 54.6 Å². The summed E-state index contributed by atoms with van der Waals surface area (Å²) in [5.74, 6) is 1.34. The first-order valence-electron chi connectivity index (χ1n) is 24.0. The number of nitriles is 1. The highest BCUT2D eigenvalue weighted by atomic mass is 16.3. The van der Waals surface area contributed by atoms with Crippen LogP contribution in [-0.2, 0) is 0 Å². The molecule has 72 heavy (non-hydrogen) atoms. The summed E-state index contributed by atoms with van der Waals surface area (Å²) in [6.45, 7) is 0. The molecule has 0 saturated carbocycles. The first kappa shape index (κ1) is 39.9. The number of hydrogen-bond acceptors (Lipinski definition) is 5. The molecule has 0 bridgehead atoms. The molecule has 0 N–H and O–H groups in total. The van der Waals surface area contributed by atoms with Crippen molar-refractivity contribution in [3.63, 3.8) is 0 Å². The van der Waals surface area contributed by atoms with Gasteiger partial charge in [0, 0.05) is 60.2 Å². The van der Waals surface area contributed by atoms with E-state index >= 15 is 0 Å². The van der Waals surface area contributed by atoms with Crippen LogP contribution in [0.15, 0.2) is 229 Å². The fraction of sp³-hybridized carbons (Fsp3) is 0. The summed E-state index contributed by atoms with van der Waals surface area (Å²) in [6, 6.07) is 80.2. The van der Waals surface area contributed by atoms with Gasteiger partial charge in [0.25, 0.3) is 0 Å². The van der Waals surface area contributed by atoms with E-state index in [-0.39, 0.29) is 0 Å². The molecule has 5 aromatic heterocycles. The molecule has 0 saturated heterocycles. The van der Waals surface area contributed by atoms with E-state index in [0.29, 0.717) is 39.8 Å². The van der Waals surface area contributed by atoms with Gasteiger partial charge in [0.1, 0.15) is 17.2 Å². The predicted molar refractivity (Wildman–Crippen MR) is 291 cm³/mol. The van der Waals surface area contributed by atoms with Gasteiger partial charge in [-0.1, -0.05) is 170 Å². The molecular formula is C64H37N7O. The zero-order chi connectivity index (χ0) is 47.4. The summed E-state index contributed by atoms with van der Waals surface area (Å²) in [7, 11) is 0. The molecular weight excluding hydrogens is 883 g/mol. The number of nitrogens with zero attached hydrogens (tertiary/aromatic N) is 7. The maximum Gasteiger partial charge on any atom is 0.169 e. The van der Waals surface area contributed by atoms with Gasteiger partial charge in [-0.15, -0.1) is 0 Å². The Hall–Kier alpha value is -10.1. The van der Waals surface area contributed by atoms with Crippen molar-refractivity contribution in [1.29, 1.82) is 5.26 Å². The molecule has 15 rings (SSSR count). The third kappa shape index (κ3) is 5.64. The third-order valence-corrected chi connectivity index (χ3v) is 14.3. The number of benzene rings is 10. The normalized spacial score (nSPS) is 11.9. The molecule has 0 aliphatic rings. The van der Waals surface area contributed by atoms with Crippen LogP contribution in [0.5, 0.6) is 0 Å². The Morgan fingerprint density at radius 3 is 1.25 bits per heavy atom. The number of hydrogen-bond donors (Lipinski definition) is 0. The van der Waals surface area contributed by atoms with Crippen LogP contribution in [0.4, 0.5) is 0 Å². The molecule has 10 aromatic carbocycles. The Balaban J connectivity index is 1.17. The Bertz CT molecular complexity index is 4610. The van der Waals surface area contributed by atoms with Crippen LogP contribution in [-0.4, -0.2) is 28.7 Å². The lowest BCUT2D eigenvalue weighted by Crippen LogP contribution is -2.03. The molecule has 8 heteroatoms. The minimum Gasteiger partial charge on any atom is -0.455 e. The Morgan fingerprint density at radius 2 is 0.764 bits per heavy atom. The molecule has 5 heterocycles. The van der Waals surface area contributed by atoms with Gasteiger partial charge in [0.05, 0.1) is 55.3 Å². The van der Waals surface area contributed by atoms with Crippen molar-refractivity contribution in [3.05, 3.63) is 230 Å². The third-order valence-electron chi connectivity index (χ3n) is 14.3. The Morgan fingerprint density at radius 1 is 0.375 bits per heavy atom. The van der Waals surface area contributed by atoms with Crippen molar-refractivity contribution in [2.45, 2.75) is 0 Å². The largest absolute Gasteiger partial charge is 0.455 e. The van der Waals surface area contributed by atoms with Crippen LogP contribution >= 0.6 is 0 Å². The van der Waals surface area contributed by atoms with E-state index < -0.39 is 0 Å². The van der Waals surface area contributed by atoms with Crippen molar-refractivity contribution in [3.8, 4) is 57.3 Å². The summed E-state index contributed by atoms with van der Waals surface area (Å²) in [5.41, 5.74) is 13.1. The first-order valence-corrected chi connectivity index (χ1v) is 24.0. The molecule has 15 aromatic rings. The number of para-hydroxylation sites is 6. The average molecular weight is 920 g/mol. The molecule has 0 atom stereocenters. The fourth-order valence-electron chi connectivity index (χ4n) is 11.4. The van der Waals surface area contributed by atoms with Crippen LogP contribution in [0.25, 0.3) is 139 Å². The summed E-state index contributed by atoms with van der Waals surface area (Å²) < 4.78 is 14.4. The summed E-state index contributed by atoms with van der Waals surface area (Å²) in [4.78, 5) is 15.4. The topological polar surface area (TPSA) is 90.4 Å². The lowest BCUT2D eigenvalue weighted by Gasteiger charge is -2.16. The van der Waals surface area contributed by atoms with Crippen LogP contribution in [0, 0.1) is 11.3 Å². The minimum absolute atomic E-state index is 0.347. The molecule has 0 unspecified atom stereocenters. The van der Waals surface area contributed by atoms with Crippen molar-refractivity contribution >= 4 is 87.4 Å². The first-order chi connectivity index (χ1) is 35.7. The second-order valence-electron chi connectivity index (χ2n) is 18.2. The second kappa shape index (κ2) is 15.5. The van der Waals surface area contributed by atoms with Crippen LogP contribution < -0.4 is 0 Å². The van der Waals surface area contributed by atoms with Gasteiger partial charge in [-0.3, -0.25) is 0 Å². The smallest absolute Gasteiger partial charge is 0.169 e. The van der Waals surface area contributed by atoms with Crippen LogP contribution in [0.1, 0.15) is 5.56 Å². The zero-order valence-electron chi connectivity index (χ0n) is 38.4. The monoisotopic (exact) mass is 919 g/mol. The standard InChI is InChI=1S/C64H37N7O/c65-38-41-37-51(54-47-32-16-20-36-52(47)72-61(54)53(41)64-67-62(39-21-5-1-6-22-39)66-63(68-64)40-23-7-2-8-24-40)71-50-35-19-15-31-46(50)57-59-55(44-29-13-17-33-48(44)69(59)42-25-9-3-10-26-42)58-56(60(57)71)45-30-14-18-34-49(45)70(58)43-27-11-4-12-28-43/h1-37H. The quantitative estimate of drug-likeness (QED) is 0.166. The maximum absolute atomic E-state index is 11.6. The number of aromatic nitrogens is 6. The number of rotatable bonds is 6. The Labute approximate surface area is 411 Å². The zero-order valence-corrected chi connectivity index (χ0v) is 38.4. The predicted octanol–water partition coefficient (Wildman–Crippen LogP) is 15.9. The van der Waals surface area contributed by atoms with E-state index in [2.05, 4.69) is 159 Å². The molecule has 0 radical (unpaired) electrons. The number of fused-ring (bicyclic) bond motifs is 15. The van der Waals surface area contributed by atoms with Crippen LogP contribution in [0.3, 0.4) is 0 Å². The number of furan rings is 1. The van der Waals surface area contributed by atoms with E-state index in [4.69, 9.17) is 19.4 Å². The molecule has 0 fully saturated rings. The lowest BCUT2D eigenvalue weighted by molar-refractivity contribution is 0.669. The Kier molecular flexibility index (Phi) is 8.55. The molecule has 0 spiro atoms. The van der Waals surface area contributed by atoms with Crippen molar-refractivity contribution in [1.82, 2.24) is 28.7 Å². The van der Waals surface area contributed by atoms with Gasteiger partial charge >= 0.3 is 0 Å². The highest BCUT2D eigenvalue weighted by Crippen LogP contribution is 2.52. The van der Waals surface area contributed by atoms with Crippen LogP contribution in [0.2, 0.25) is 0 Å². The summed E-state index contributed by atoms with van der Waals surface area (Å²) in [6.07, 6.45) is 0. The van der Waals surface area contributed by atoms with Gasteiger partial charge < -0.3 is 18.1 Å². The molecule has 334 valence electrons. The SMILES string of the molecule is N#Cc1cc(-n2c3ccccc3c3c4c(c5ccccc5n4-c4ccccc4)c4c(c5ccccc5n4-c4ccccc4)c32)c2c(oc3ccccc32)c1-c1nc(-c2ccccc2)nc(-c2ccccc2)n1. The fourth-order valence-corrected chi connectivity index (χ4v) is 11.4. The van der Waals surface area contributed by atoms with Crippen molar-refractivity contribution in [2.24, 2.45) is 0 Å². The van der Waals surface area contributed by atoms with E-state index in [1.54, 1.807) is 0 Å². The van der Waals surface area contributed by atoms with E-state index in [0.717, 1.165) is 104 Å².